The highest BCUT2D eigenvalue weighted by atomic mass is 79.9. The van der Waals surface area contributed by atoms with Crippen LogP contribution in [0.15, 0.2) is 22.9 Å². The van der Waals surface area contributed by atoms with Gasteiger partial charge in [-0.25, -0.2) is 0 Å². The van der Waals surface area contributed by atoms with E-state index in [0.717, 1.165) is 0 Å². The summed E-state index contributed by atoms with van der Waals surface area (Å²) in [5.74, 6) is -0.237. The van der Waals surface area contributed by atoms with Crippen molar-refractivity contribution < 1.29 is 13.2 Å². The third-order valence-corrected chi connectivity index (χ3v) is 3.20. The molecule has 0 atom stereocenters. The topological polar surface area (TPSA) is 63.2 Å². The molecule has 0 aromatic rings. The largest absolute Gasteiger partial charge is 0.324 e. The Morgan fingerprint density at radius 2 is 2.27 bits per heavy atom. The fourth-order valence-electron chi connectivity index (χ4n) is 0.989. The van der Waals surface area contributed by atoms with Crippen molar-refractivity contribution in [1.29, 1.82) is 0 Å². The normalized spacial score (nSPS) is 15.5. The Labute approximate surface area is 102 Å². The number of nitrogens with one attached hydrogen (secondary N) is 1. The highest BCUT2D eigenvalue weighted by molar-refractivity contribution is 9.09. The molecule has 1 N–H and O–H groups in total. The van der Waals surface area contributed by atoms with E-state index in [9.17, 15) is 13.2 Å². The fourth-order valence-corrected chi connectivity index (χ4v) is 1.88. The van der Waals surface area contributed by atoms with E-state index < -0.39 is 10.3 Å². The minimum atomic E-state index is -2.26. The zero-order valence-electron chi connectivity index (χ0n) is 7.46. The Morgan fingerprint density at radius 1 is 1.60 bits per heavy atom. The van der Waals surface area contributed by atoms with Gasteiger partial charge in [-0.05, 0) is 6.08 Å². The van der Waals surface area contributed by atoms with Crippen molar-refractivity contribution in [3.63, 3.8) is 0 Å². The van der Waals surface area contributed by atoms with Gasteiger partial charge in [0.25, 0.3) is 0 Å². The van der Waals surface area contributed by atoms with Crippen molar-refractivity contribution in [3.05, 3.63) is 22.9 Å². The predicted molar refractivity (Wildman–Crippen MR) is 62.5 cm³/mol. The van der Waals surface area contributed by atoms with E-state index in [4.69, 9.17) is 11.6 Å². The first-order chi connectivity index (χ1) is 7.04. The van der Waals surface area contributed by atoms with E-state index in [0.29, 0.717) is 5.70 Å². The molecule has 0 unspecified atom stereocenters. The summed E-state index contributed by atoms with van der Waals surface area (Å²) >= 11 is 8.78. The highest BCUT2D eigenvalue weighted by Gasteiger charge is 2.13. The zero-order valence-corrected chi connectivity index (χ0v) is 10.6. The lowest BCUT2D eigenvalue weighted by Crippen LogP contribution is -2.25. The number of allylic oxidation sites excluding steroid dienone is 3. The van der Waals surface area contributed by atoms with Crippen LogP contribution < -0.4 is 5.32 Å². The minimum Gasteiger partial charge on any atom is -0.324 e. The first-order valence-corrected chi connectivity index (χ1v) is 6.50. The second-order valence-electron chi connectivity index (χ2n) is 2.70. The molecule has 0 fully saturated rings. The Bertz CT molecular complexity index is 470. The van der Waals surface area contributed by atoms with Crippen LogP contribution in [0.25, 0.3) is 0 Å². The van der Waals surface area contributed by atoms with Gasteiger partial charge in [-0.2, -0.15) is 8.42 Å². The van der Waals surface area contributed by atoms with E-state index in [1.807, 2.05) is 0 Å². The van der Waals surface area contributed by atoms with Crippen molar-refractivity contribution in [2.75, 3.05) is 5.33 Å². The van der Waals surface area contributed by atoms with Crippen molar-refractivity contribution in [2.24, 2.45) is 0 Å². The monoisotopic (exact) mass is 311 g/mol. The number of carbonyl (C=O) groups is 1. The van der Waals surface area contributed by atoms with Gasteiger partial charge in [-0.1, -0.05) is 33.6 Å². The number of alkyl halides is 1. The molecular formula is C8H7BrClNO3S. The smallest absolute Gasteiger partial charge is 0.235 e. The van der Waals surface area contributed by atoms with Gasteiger partial charge in [-0.15, -0.1) is 0 Å². The number of carbonyl (C=O) groups excluding carboxylic acids is 1. The molecule has 0 aromatic heterocycles. The zero-order chi connectivity index (χ0) is 11.4. The number of rotatable bonds is 2. The van der Waals surface area contributed by atoms with Crippen LogP contribution in [0, 0.1) is 0 Å². The van der Waals surface area contributed by atoms with Gasteiger partial charge < -0.3 is 5.32 Å². The SMILES string of the molecule is O=C(CBr)NC1=CCC(=S(=O)=O)C=C1Cl. The van der Waals surface area contributed by atoms with Crippen LogP contribution in [0.3, 0.4) is 0 Å². The van der Waals surface area contributed by atoms with Crippen LogP contribution in [0.5, 0.6) is 0 Å². The molecule has 82 valence electrons. The molecule has 1 aliphatic rings. The molecule has 1 amide bonds. The quantitative estimate of drug-likeness (QED) is 0.610. The molecule has 0 bridgehead atoms. The van der Waals surface area contributed by atoms with Crippen molar-refractivity contribution in [3.8, 4) is 0 Å². The van der Waals surface area contributed by atoms with Gasteiger partial charge in [0.2, 0.25) is 16.2 Å². The van der Waals surface area contributed by atoms with Gasteiger partial charge in [-0.3, -0.25) is 4.79 Å². The second-order valence-corrected chi connectivity index (χ2v) is 4.66. The Balaban J connectivity index is 2.87. The third-order valence-electron chi connectivity index (χ3n) is 1.66. The molecular weight excluding hydrogens is 306 g/mol. The molecule has 0 radical (unpaired) electrons. The highest BCUT2D eigenvalue weighted by Crippen LogP contribution is 2.18. The summed E-state index contributed by atoms with van der Waals surface area (Å²) in [6.07, 6.45) is 3.13. The lowest BCUT2D eigenvalue weighted by molar-refractivity contribution is -0.117. The summed E-state index contributed by atoms with van der Waals surface area (Å²) in [5, 5.41) is 2.92. The maximum Gasteiger partial charge on any atom is 0.235 e. The average Bonchev–Trinajstić information content (AvgIpc) is 2.20. The predicted octanol–water partition coefficient (Wildman–Crippen LogP) is 0.959. The van der Waals surface area contributed by atoms with Crippen LogP contribution >= 0.6 is 27.5 Å². The number of hydrogen-bond donors (Lipinski definition) is 1. The van der Waals surface area contributed by atoms with E-state index in [1.165, 1.54) is 6.08 Å². The van der Waals surface area contributed by atoms with Crippen LogP contribution in [-0.2, 0) is 15.1 Å². The first kappa shape index (κ1) is 12.5. The molecule has 0 spiro atoms. The molecule has 0 heterocycles. The summed E-state index contributed by atoms with van der Waals surface area (Å²) in [7, 11) is -2.26. The summed E-state index contributed by atoms with van der Waals surface area (Å²) in [5.41, 5.74) is 0.440. The molecule has 0 saturated carbocycles. The standard InChI is InChI=1S/C8H7BrClNO3S/c9-4-8(12)11-7-2-1-5(15(13)14)3-6(7)10/h2-3H,1,4H2,(H,11,12). The Morgan fingerprint density at radius 3 is 2.73 bits per heavy atom. The lowest BCUT2D eigenvalue weighted by atomic mass is 10.1. The summed E-state index contributed by atoms with van der Waals surface area (Å²) in [6.45, 7) is 0. The molecule has 0 aromatic carbocycles. The van der Waals surface area contributed by atoms with Crippen molar-refractivity contribution in [2.45, 2.75) is 6.42 Å². The molecule has 4 nitrogen and oxygen atoms in total. The van der Waals surface area contributed by atoms with Gasteiger partial charge in [0.05, 0.1) is 20.9 Å². The number of amides is 1. The van der Waals surface area contributed by atoms with Crippen LogP contribution in [0.4, 0.5) is 0 Å². The van der Waals surface area contributed by atoms with E-state index in [-0.39, 0.29) is 27.6 Å². The number of halogens is 2. The molecule has 1 aliphatic carbocycles. The maximum absolute atomic E-state index is 11.0. The second kappa shape index (κ2) is 5.48. The Hall–Kier alpha value is -0.590. The van der Waals surface area contributed by atoms with Gasteiger partial charge >= 0.3 is 0 Å². The van der Waals surface area contributed by atoms with Crippen molar-refractivity contribution >= 4 is 48.6 Å². The molecule has 7 heteroatoms. The van der Waals surface area contributed by atoms with E-state index in [2.05, 4.69) is 21.2 Å². The van der Waals surface area contributed by atoms with Crippen LogP contribution in [-0.4, -0.2) is 24.5 Å². The minimum absolute atomic E-state index is 0.165. The molecule has 0 saturated heterocycles. The average molecular weight is 313 g/mol. The molecule has 0 aliphatic heterocycles. The van der Waals surface area contributed by atoms with Crippen LogP contribution in [0.2, 0.25) is 0 Å². The van der Waals surface area contributed by atoms with Gasteiger partial charge in [0.1, 0.15) is 0 Å². The van der Waals surface area contributed by atoms with E-state index in [1.54, 1.807) is 6.08 Å². The van der Waals surface area contributed by atoms with Gasteiger partial charge in [0, 0.05) is 6.42 Å². The van der Waals surface area contributed by atoms with Crippen molar-refractivity contribution in [1.82, 2.24) is 5.32 Å². The summed E-state index contributed by atoms with van der Waals surface area (Å²) in [6, 6.07) is 0. The lowest BCUT2D eigenvalue weighted by Gasteiger charge is -2.11. The summed E-state index contributed by atoms with van der Waals surface area (Å²) < 4.78 is 21.2. The number of hydrogen-bond acceptors (Lipinski definition) is 3. The van der Waals surface area contributed by atoms with Crippen LogP contribution in [0.1, 0.15) is 6.42 Å². The molecule has 15 heavy (non-hydrogen) atoms. The fraction of sp³-hybridized carbons (Fsp3) is 0.250. The molecule has 1 rings (SSSR count). The maximum atomic E-state index is 11.0. The van der Waals surface area contributed by atoms with E-state index >= 15 is 0 Å². The van der Waals surface area contributed by atoms with Gasteiger partial charge in [0.15, 0.2) is 0 Å². The third kappa shape index (κ3) is 3.48. The Kier molecular flexibility index (Phi) is 4.56. The summed E-state index contributed by atoms with van der Waals surface area (Å²) in [4.78, 5) is 11.2. The first-order valence-electron chi connectivity index (χ1n) is 3.93.